The molecular formula is C16H26N4O3S. The first-order valence-electron chi connectivity index (χ1n) is 8.74. The average molecular weight is 354 g/mol. The Bertz CT molecular complexity index is 713. The van der Waals surface area contributed by atoms with Crippen molar-refractivity contribution in [2.75, 3.05) is 26.2 Å². The lowest BCUT2D eigenvalue weighted by Crippen LogP contribution is -2.35. The van der Waals surface area contributed by atoms with Crippen LogP contribution in [0.15, 0.2) is 6.07 Å². The Hall–Kier alpha value is -0.960. The number of likely N-dealkylation sites (tertiary alicyclic amines) is 1. The number of nitrogens with one attached hydrogen (secondary N) is 1. The van der Waals surface area contributed by atoms with E-state index < -0.39 is 10.0 Å². The number of hydrogen-bond donors (Lipinski definition) is 1. The second kappa shape index (κ2) is 6.09. The molecule has 1 saturated carbocycles. The molecule has 1 N–H and O–H groups in total. The van der Waals surface area contributed by atoms with Crippen molar-refractivity contribution in [1.82, 2.24) is 19.4 Å². The Morgan fingerprint density at radius 1 is 1.38 bits per heavy atom. The number of nitrogens with zero attached hydrogens (tertiary/aromatic N) is 3. The van der Waals surface area contributed by atoms with Crippen molar-refractivity contribution < 1.29 is 13.2 Å². The largest absolute Gasteiger partial charge is 0.376 e. The van der Waals surface area contributed by atoms with Crippen LogP contribution in [0.25, 0.3) is 0 Å². The summed E-state index contributed by atoms with van der Waals surface area (Å²) in [5.41, 5.74) is 2.24. The summed E-state index contributed by atoms with van der Waals surface area (Å²) in [6.07, 6.45) is 1.84. The summed E-state index contributed by atoms with van der Waals surface area (Å²) in [6, 6.07) is 2.12. The fourth-order valence-corrected chi connectivity index (χ4v) is 5.42. The maximum Gasteiger partial charge on any atom is 0.214 e. The highest BCUT2D eigenvalue weighted by Gasteiger charge is 2.44. The van der Waals surface area contributed by atoms with E-state index in [1.807, 2.05) is 18.7 Å². The van der Waals surface area contributed by atoms with Gasteiger partial charge in [0.15, 0.2) is 0 Å². The molecule has 0 bridgehead atoms. The molecule has 2 aliphatic heterocycles. The van der Waals surface area contributed by atoms with E-state index in [2.05, 4.69) is 20.8 Å². The maximum atomic E-state index is 12.0. The van der Waals surface area contributed by atoms with E-state index in [-0.39, 0.29) is 17.3 Å². The van der Waals surface area contributed by atoms with Gasteiger partial charge in [0, 0.05) is 45.1 Å². The topological polar surface area (TPSA) is 76.5 Å². The summed E-state index contributed by atoms with van der Waals surface area (Å²) in [6.45, 7) is 5.94. The Kier molecular flexibility index (Phi) is 4.19. The normalized spacial score (nSPS) is 30.8. The van der Waals surface area contributed by atoms with Gasteiger partial charge in [-0.25, -0.2) is 13.1 Å². The van der Waals surface area contributed by atoms with Gasteiger partial charge in [0.1, 0.15) is 0 Å². The van der Waals surface area contributed by atoms with E-state index in [1.54, 1.807) is 0 Å². The zero-order valence-electron chi connectivity index (χ0n) is 14.3. The summed E-state index contributed by atoms with van der Waals surface area (Å²) >= 11 is 0. The van der Waals surface area contributed by atoms with Crippen LogP contribution in [0.1, 0.15) is 24.2 Å². The molecule has 3 aliphatic rings. The zero-order valence-corrected chi connectivity index (χ0v) is 15.1. The monoisotopic (exact) mass is 354 g/mol. The molecular weight excluding hydrogens is 328 g/mol. The van der Waals surface area contributed by atoms with Gasteiger partial charge < -0.3 is 4.74 Å². The molecule has 1 aliphatic carbocycles. The van der Waals surface area contributed by atoms with Gasteiger partial charge in [-0.05, 0) is 25.8 Å². The number of aromatic nitrogens is 2. The Labute approximate surface area is 143 Å². The highest BCUT2D eigenvalue weighted by atomic mass is 32.2. The van der Waals surface area contributed by atoms with Gasteiger partial charge >= 0.3 is 0 Å². The summed E-state index contributed by atoms with van der Waals surface area (Å²) < 4.78 is 34.7. The Morgan fingerprint density at radius 3 is 2.83 bits per heavy atom. The number of fused-ring (bicyclic) bond motifs is 1. The third-order valence-electron chi connectivity index (χ3n) is 5.51. The van der Waals surface area contributed by atoms with Crippen LogP contribution in [0.2, 0.25) is 0 Å². The Morgan fingerprint density at radius 2 is 2.17 bits per heavy atom. The summed E-state index contributed by atoms with van der Waals surface area (Å²) in [5.74, 6) is 0.697. The second-order valence-electron chi connectivity index (χ2n) is 7.48. The molecule has 3 fully saturated rings. The summed E-state index contributed by atoms with van der Waals surface area (Å²) in [7, 11) is -1.12. The summed E-state index contributed by atoms with van der Waals surface area (Å²) in [4.78, 5) is 2.40. The van der Waals surface area contributed by atoms with Crippen LogP contribution in [0.5, 0.6) is 0 Å². The fourth-order valence-electron chi connectivity index (χ4n) is 3.98. The predicted octanol–water partition coefficient (Wildman–Crippen LogP) is 0.257. The number of hydrogen-bond acceptors (Lipinski definition) is 5. The number of aryl methyl sites for hydroxylation is 2. The third kappa shape index (κ3) is 3.24. The lowest BCUT2D eigenvalue weighted by molar-refractivity contribution is 0.0938. The van der Waals surface area contributed by atoms with Crippen LogP contribution < -0.4 is 4.72 Å². The van der Waals surface area contributed by atoms with Gasteiger partial charge in [0.25, 0.3) is 0 Å². The van der Waals surface area contributed by atoms with Gasteiger partial charge in [-0.2, -0.15) is 5.10 Å². The molecule has 3 atom stereocenters. The van der Waals surface area contributed by atoms with Crippen LogP contribution in [0.4, 0.5) is 0 Å². The number of sulfonamides is 1. The second-order valence-corrected chi connectivity index (χ2v) is 9.53. The molecule has 24 heavy (non-hydrogen) atoms. The minimum Gasteiger partial charge on any atom is -0.376 e. The van der Waals surface area contributed by atoms with Crippen LogP contribution >= 0.6 is 0 Å². The van der Waals surface area contributed by atoms with Crippen LogP contribution in [-0.2, 0) is 28.4 Å². The smallest absolute Gasteiger partial charge is 0.214 e. The van der Waals surface area contributed by atoms with E-state index in [1.165, 1.54) is 5.69 Å². The average Bonchev–Trinajstić information content (AvgIpc) is 3.11. The molecule has 8 heteroatoms. The third-order valence-corrected chi connectivity index (χ3v) is 7.43. The quantitative estimate of drug-likeness (QED) is 0.793. The standard InChI is InChI=1S/C16H26N4O3S/c1-11-5-13(19(2)18-11)7-20-8-15-12(10-23-16(15)9-20)6-17-24(21,22)14-3-4-14/h5,12,14-17H,3-4,6-10H2,1-2H3/t12-,15+,16+/m0/s1. The van der Waals surface area contributed by atoms with E-state index >= 15 is 0 Å². The Balaban J connectivity index is 1.34. The van der Waals surface area contributed by atoms with Gasteiger partial charge in [-0.15, -0.1) is 0 Å². The van der Waals surface area contributed by atoms with E-state index in [0.29, 0.717) is 19.1 Å². The zero-order chi connectivity index (χ0) is 16.9. The van der Waals surface area contributed by atoms with Crippen LogP contribution in [-0.4, -0.2) is 60.7 Å². The lowest BCUT2D eigenvalue weighted by atomic mass is 9.93. The lowest BCUT2D eigenvalue weighted by Gasteiger charge is -2.20. The van der Waals surface area contributed by atoms with Crippen molar-refractivity contribution in [3.63, 3.8) is 0 Å². The minimum atomic E-state index is -3.10. The van der Waals surface area contributed by atoms with E-state index in [4.69, 9.17) is 4.74 Å². The summed E-state index contributed by atoms with van der Waals surface area (Å²) in [5, 5.41) is 4.25. The molecule has 0 spiro atoms. The molecule has 3 heterocycles. The molecule has 0 aromatic carbocycles. The van der Waals surface area contributed by atoms with E-state index in [0.717, 1.165) is 38.2 Å². The van der Waals surface area contributed by atoms with Crippen LogP contribution in [0, 0.1) is 18.8 Å². The van der Waals surface area contributed by atoms with Gasteiger partial charge in [0.05, 0.1) is 29.3 Å². The fraction of sp³-hybridized carbons (Fsp3) is 0.812. The first-order valence-corrected chi connectivity index (χ1v) is 10.3. The van der Waals surface area contributed by atoms with Crippen molar-refractivity contribution in [3.05, 3.63) is 17.5 Å². The number of rotatable bonds is 6. The minimum absolute atomic E-state index is 0.149. The molecule has 0 amide bonds. The first kappa shape index (κ1) is 16.5. The van der Waals surface area contributed by atoms with Crippen molar-refractivity contribution in [2.45, 2.75) is 37.7 Å². The van der Waals surface area contributed by atoms with Crippen molar-refractivity contribution in [1.29, 1.82) is 0 Å². The molecule has 134 valence electrons. The van der Waals surface area contributed by atoms with Crippen LogP contribution in [0.3, 0.4) is 0 Å². The van der Waals surface area contributed by atoms with Gasteiger partial charge in [0.2, 0.25) is 10.0 Å². The van der Waals surface area contributed by atoms with E-state index in [9.17, 15) is 8.42 Å². The molecule has 2 saturated heterocycles. The number of ether oxygens (including phenoxy) is 1. The molecule has 4 rings (SSSR count). The molecule has 0 radical (unpaired) electrons. The van der Waals surface area contributed by atoms with Crippen molar-refractivity contribution in [2.24, 2.45) is 18.9 Å². The SMILES string of the molecule is Cc1cc(CN2C[C@@H]3[C@@H](CNS(=O)(=O)C4CC4)CO[C@@H]3C2)n(C)n1. The van der Waals surface area contributed by atoms with Crippen molar-refractivity contribution >= 4 is 10.0 Å². The predicted molar refractivity (Wildman–Crippen MR) is 89.9 cm³/mol. The molecule has 1 aromatic rings. The molecule has 1 aromatic heterocycles. The highest BCUT2D eigenvalue weighted by Crippen LogP contribution is 2.34. The highest BCUT2D eigenvalue weighted by molar-refractivity contribution is 7.90. The first-order chi connectivity index (χ1) is 11.4. The molecule has 7 nitrogen and oxygen atoms in total. The maximum absolute atomic E-state index is 12.0. The van der Waals surface area contributed by atoms with Crippen molar-refractivity contribution in [3.8, 4) is 0 Å². The van der Waals surface area contributed by atoms with Gasteiger partial charge in [-0.3, -0.25) is 9.58 Å². The molecule has 0 unspecified atom stereocenters. The van der Waals surface area contributed by atoms with Gasteiger partial charge in [-0.1, -0.05) is 0 Å².